The summed E-state index contributed by atoms with van der Waals surface area (Å²) < 4.78 is 24.8. The Bertz CT molecular complexity index is 1070. The summed E-state index contributed by atoms with van der Waals surface area (Å²) in [7, 11) is 1.80. The van der Waals surface area contributed by atoms with E-state index in [2.05, 4.69) is 15.1 Å². The molecule has 2 aromatic rings. The average Bonchev–Trinajstić information content (AvgIpc) is 3.34. The maximum absolute atomic E-state index is 11.9. The molecule has 160 valence electrons. The van der Waals surface area contributed by atoms with Crippen LogP contribution in [0.4, 0.5) is 5.82 Å². The Morgan fingerprint density at radius 3 is 2.83 bits per heavy atom. The van der Waals surface area contributed by atoms with Gasteiger partial charge in [-0.1, -0.05) is 0 Å². The number of carbonyl (C=O) groups is 1. The number of aromatic nitrogens is 3. The summed E-state index contributed by atoms with van der Waals surface area (Å²) in [5.74, 6) is -0.744. The van der Waals surface area contributed by atoms with E-state index in [1.54, 1.807) is 32.8 Å². The smallest absolute Gasteiger partial charge is 0.342 e. The van der Waals surface area contributed by atoms with E-state index in [-0.39, 0.29) is 18.9 Å². The first-order chi connectivity index (χ1) is 14.2. The molecule has 2 fully saturated rings. The van der Waals surface area contributed by atoms with E-state index in [0.717, 1.165) is 29.4 Å². The van der Waals surface area contributed by atoms with Crippen molar-refractivity contribution in [3.05, 3.63) is 18.1 Å². The van der Waals surface area contributed by atoms with Crippen LogP contribution in [0.3, 0.4) is 0 Å². The molecule has 30 heavy (non-hydrogen) atoms. The third kappa shape index (κ3) is 2.92. The Labute approximate surface area is 172 Å². The van der Waals surface area contributed by atoms with Crippen molar-refractivity contribution >= 4 is 28.7 Å². The maximum atomic E-state index is 11.9. The van der Waals surface area contributed by atoms with Crippen molar-refractivity contribution in [1.29, 1.82) is 0 Å². The number of esters is 1. The summed E-state index contributed by atoms with van der Waals surface area (Å²) in [5, 5.41) is 6.82. The van der Waals surface area contributed by atoms with Crippen molar-refractivity contribution in [2.45, 2.75) is 57.5 Å². The lowest BCUT2D eigenvalue weighted by atomic mass is 10.1. The van der Waals surface area contributed by atoms with Crippen LogP contribution < -0.4 is 10.7 Å². The van der Waals surface area contributed by atoms with Gasteiger partial charge in [-0.25, -0.2) is 19.8 Å². The highest BCUT2D eigenvalue weighted by atomic mass is 16.9. The molecule has 0 amide bonds. The topological polar surface area (TPSA) is 126 Å². The zero-order chi connectivity index (χ0) is 21.3. The zero-order valence-corrected chi connectivity index (χ0v) is 17.3. The van der Waals surface area contributed by atoms with Gasteiger partial charge >= 0.3 is 11.9 Å². The van der Waals surface area contributed by atoms with Crippen LogP contribution in [0.2, 0.25) is 0 Å². The first-order valence-corrected chi connectivity index (χ1v) is 9.83. The molecule has 0 saturated carbocycles. The maximum Gasteiger partial charge on any atom is 0.342 e. The number of hydrazone groups is 1. The van der Waals surface area contributed by atoms with Gasteiger partial charge in [0.05, 0.1) is 18.1 Å². The Hall–Kier alpha value is -2.76. The summed E-state index contributed by atoms with van der Waals surface area (Å²) in [5.41, 5.74) is 6.63. The molecular formula is C19H24N6O5. The van der Waals surface area contributed by atoms with Crippen LogP contribution in [0.1, 0.15) is 45.4 Å². The van der Waals surface area contributed by atoms with Gasteiger partial charge in [-0.2, -0.15) is 5.10 Å². The van der Waals surface area contributed by atoms with Gasteiger partial charge in [0.1, 0.15) is 18.2 Å². The molecule has 5 heterocycles. The summed E-state index contributed by atoms with van der Waals surface area (Å²) >= 11 is 0. The number of carbonyl (C=O) groups excluding carboxylic acids is 1. The molecule has 0 aliphatic carbocycles. The fourth-order valence-electron chi connectivity index (χ4n) is 4.13. The minimum Gasteiger partial charge on any atom is -0.406 e. The summed E-state index contributed by atoms with van der Waals surface area (Å²) in [4.78, 5) is 20.7. The fraction of sp³-hybridized carbons (Fsp3) is 0.579. The Morgan fingerprint density at radius 1 is 1.30 bits per heavy atom. The number of rotatable bonds is 4. The molecule has 2 N–H and O–H groups in total. The second kappa shape index (κ2) is 6.37. The van der Waals surface area contributed by atoms with Gasteiger partial charge in [-0.3, -0.25) is 4.74 Å². The first kappa shape index (κ1) is 19.2. The Morgan fingerprint density at radius 2 is 2.10 bits per heavy atom. The lowest BCUT2D eigenvalue weighted by Crippen LogP contribution is -2.35. The quantitative estimate of drug-likeness (QED) is 0.732. The predicted molar refractivity (Wildman–Crippen MR) is 105 cm³/mol. The van der Waals surface area contributed by atoms with E-state index in [4.69, 9.17) is 24.7 Å². The van der Waals surface area contributed by atoms with E-state index in [0.29, 0.717) is 11.7 Å². The monoisotopic (exact) mass is 416 g/mol. The normalized spacial score (nSPS) is 30.1. The molecule has 3 aliphatic rings. The molecular weight excluding hydrogens is 392 g/mol. The van der Waals surface area contributed by atoms with Crippen LogP contribution >= 0.6 is 0 Å². The van der Waals surface area contributed by atoms with Crippen LogP contribution in [-0.4, -0.2) is 57.7 Å². The number of nitrogens with two attached hydrogens (primary N) is 1. The predicted octanol–water partition coefficient (Wildman–Crippen LogP) is 1.22. The van der Waals surface area contributed by atoms with Gasteiger partial charge in [0, 0.05) is 25.7 Å². The van der Waals surface area contributed by atoms with Crippen molar-refractivity contribution < 1.29 is 23.7 Å². The molecule has 2 aromatic heterocycles. The number of cyclic esters (lactones) is 1. The zero-order valence-electron chi connectivity index (χ0n) is 17.3. The van der Waals surface area contributed by atoms with Crippen molar-refractivity contribution in [3.63, 3.8) is 0 Å². The molecule has 3 aliphatic heterocycles. The van der Waals surface area contributed by atoms with Crippen LogP contribution in [0, 0.1) is 0 Å². The van der Waals surface area contributed by atoms with Gasteiger partial charge in [0.2, 0.25) is 0 Å². The minimum absolute atomic E-state index is 0.182. The number of hydrogen-bond acceptors (Lipinski definition) is 10. The SMILES string of the molecule is CN1N=C(N)c2cn([C@H]3CC[C@@H](COC4(C)OC(=O)C(C)(C)O4)O3)c3ncnc1c23. The number of nitrogens with zero attached hydrogens (tertiary/aromatic N) is 5. The number of hydrogen-bond donors (Lipinski definition) is 1. The molecule has 3 atom stereocenters. The third-order valence-corrected chi connectivity index (χ3v) is 5.57. The van der Waals surface area contributed by atoms with Crippen LogP contribution in [0.15, 0.2) is 17.6 Å². The molecule has 2 saturated heterocycles. The van der Waals surface area contributed by atoms with Crippen molar-refractivity contribution in [3.8, 4) is 0 Å². The second-order valence-corrected chi connectivity index (χ2v) is 8.32. The number of amidine groups is 1. The summed E-state index contributed by atoms with van der Waals surface area (Å²) in [6.07, 6.45) is 4.55. The first-order valence-electron chi connectivity index (χ1n) is 9.83. The van der Waals surface area contributed by atoms with Crippen molar-refractivity contribution in [1.82, 2.24) is 14.5 Å². The highest BCUT2D eigenvalue weighted by Crippen LogP contribution is 2.38. The van der Waals surface area contributed by atoms with Gasteiger partial charge in [-0.15, -0.1) is 0 Å². The molecule has 0 radical (unpaired) electrons. The molecule has 0 spiro atoms. The van der Waals surface area contributed by atoms with Crippen molar-refractivity contribution in [2.24, 2.45) is 10.8 Å². The van der Waals surface area contributed by atoms with E-state index in [1.807, 2.05) is 10.8 Å². The number of anilines is 1. The fourth-order valence-corrected chi connectivity index (χ4v) is 4.13. The van der Waals surface area contributed by atoms with Gasteiger partial charge in [0.15, 0.2) is 17.3 Å². The Balaban J connectivity index is 1.32. The van der Waals surface area contributed by atoms with Gasteiger partial charge in [-0.05, 0) is 26.7 Å². The van der Waals surface area contributed by atoms with E-state index in [9.17, 15) is 4.79 Å². The lowest BCUT2D eigenvalue weighted by Gasteiger charge is -2.25. The highest BCUT2D eigenvalue weighted by Gasteiger charge is 2.51. The van der Waals surface area contributed by atoms with Crippen molar-refractivity contribution in [2.75, 3.05) is 18.7 Å². The van der Waals surface area contributed by atoms with Gasteiger partial charge < -0.3 is 24.5 Å². The van der Waals surface area contributed by atoms with Crippen LogP contribution in [0.25, 0.3) is 11.0 Å². The largest absolute Gasteiger partial charge is 0.406 e. The standard InChI is InChI=1S/C19H24N6O5/c1-18(2)17(26)29-19(3,30-18)27-8-10-5-6-12(28-10)25-7-11-13-15(21-9-22-16(13)25)24(4)23-14(11)20/h7,9-10,12H,5-6,8H2,1-4H3,(H2,20,23)/t10-,12+,19?/m0/s1. The molecule has 11 heteroatoms. The van der Waals surface area contributed by atoms with Crippen LogP contribution in [-0.2, 0) is 23.7 Å². The molecule has 0 aromatic carbocycles. The average molecular weight is 416 g/mol. The highest BCUT2D eigenvalue weighted by molar-refractivity contribution is 6.13. The molecule has 11 nitrogen and oxygen atoms in total. The van der Waals surface area contributed by atoms with Gasteiger partial charge in [0.25, 0.3) is 0 Å². The van der Waals surface area contributed by atoms with Crippen LogP contribution in [0.5, 0.6) is 0 Å². The van der Waals surface area contributed by atoms with E-state index < -0.39 is 17.5 Å². The minimum atomic E-state index is -1.41. The lowest BCUT2D eigenvalue weighted by molar-refractivity contribution is -0.334. The Kier molecular flexibility index (Phi) is 4.08. The van der Waals surface area contributed by atoms with E-state index in [1.165, 1.54) is 6.33 Å². The summed E-state index contributed by atoms with van der Waals surface area (Å²) in [6.45, 7) is 5.12. The number of ether oxygens (including phenoxy) is 4. The third-order valence-electron chi connectivity index (χ3n) is 5.57. The molecule has 5 rings (SSSR count). The second-order valence-electron chi connectivity index (χ2n) is 8.32. The molecule has 1 unspecified atom stereocenters. The van der Waals surface area contributed by atoms with E-state index >= 15 is 0 Å². The summed E-state index contributed by atoms with van der Waals surface area (Å²) in [6, 6.07) is 0. The molecule has 0 bridgehead atoms.